The molecule has 0 aliphatic carbocycles. The summed E-state index contributed by atoms with van der Waals surface area (Å²) in [4.78, 5) is 0. The lowest BCUT2D eigenvalue weighted by atomic mass is 10.3. The maximum absolute atomic E-state index is 5.84. The average molecular weight is 264 g/mol. The van der Waals surface area contributed by atoms with Gasteiger partial charge in [0.2, 0.25) is 0 Å². The molecule has 0 aliphatic rings. The second kappa shape index (κ2) is 5.91. The molecule has 0 radical (unpaired) electrons. The number of hydrogen-bond acceptors (Lipinski definition) is 2. The number of anilines is 1. The second-order valence-electron chi connectivity index (χ2n) is 4.40. The van der Waals surface area contributed by atoms with Gasteiger partial charge in [0.1, 0.15) is 0 Å². The van der Waals surface area contributed by atoms with Gasteiger partial charge < -0.3 is 5.32 Å². The van der Waals surface area contributed by atoms with Crippen LogP contribution in [0.15, 0.2) is 36.5 Å². The minimum Gasteiger partial charge on any atom is -0.379 e. The van der Waals surface area contributed by atoms with Gasteiger partial charge in [-0.2, -0.15) is 5.10 Å². The third kappa shape index (κ3) is 3.26. The van der Waals surface area contributed by atoms with Crippen molar-refractivity contribution in [3.63, 3.8) is 0 Å². The van der Waals surface area contributed by atoms with Gasteiger partial charge in [-0.05, 0) is 43.7 Å². The van der Waals surface area contributed by atoms with Gasteiger partial charge in [-0.3, -0.25) is 4.68 Å². The third-order valence-electron chi connectivity index (χ3n) is 3.02. The van der Waals surface area contributed by atoms with Gasteiger partial charge >= 0.3 is 0 Å². The lowest BCUT2D eigenvalue weighted by Gasteiger charge is -2.08. The molecule has 0 amide bonds. The van der Waals surface area contributed by atoms with Crippen LogP contribution in [-0.4, -0.2) is 9.78 Å². The zero-order chi connectivity index (χ0) is 13.0. The summed E-state index contributed by atoms with van der Waals surface area (Å²) >= 11 is 5.84. The topological polar surface area (TPSA) is 29.9 Å². The van der Waals surface area contributed by atoms with Gasteiger partial charge in [0.25, 0.3) is 0 Å². The van der Waals surface area contributed by atoms with E-state index in [9.17, 15) is 0 Å². The van der Waals surface area contributed by atoms with E-state index in [4.69, 9.17) is 11.6 Å². The average Bonchev–Trinajstić information content (AvgIpc) is 2.86. The summed E-state index contributed by atoms with van der Waals surface area (Å²) in [5.41, 5.74) is 2.10. The standard InChI is InChI=1S/C14H18ClN3/c1-3-11(2)18-9-8-14(17-18)10-16-13-6-4-12(15)5-7-13/h4-9,11,16H,3,10H2,1-2H3. The van der Waals surface area contributed by atoms with E-state index >= 15 is 0 Å². The van der Waals surface area contributed by atoms with Crippen LogP contribution in [0.2, 0.25) is 5.02 Å². The van der Waals surface area contributed by atoms with Crippen molar-refractivity contribution < 1.29 is 0 Å². The van der Waals surface area contributed by atoms with Gasteiger partial charge in [-0.1, -0.05) is 18.5 Å². The van der Waals surface area contributed by atoms with E-state index in [1.807, 2.05) is 35.1 Å². The van der Waals surface area contributed by atoms with E-state index in [2.05, 4.69) is 30.3 Å². The molecule has 2 aromatic rings. The van der Waals surface area contributed by atoms with E-state index in [0.29, 0.717) is 6.04 Å². The van der Waals surface area contributed by atoms with E-state index in [1.54, 1.807) is 0 Å². The van der Waals surface area contributed by atoms with Crippen LogP contribution in [0, 0.1) is 0 Å². The molecule has 1 N–H and O–H groups in total. The van der Waals surface area contributed by atoms with Crippen molar-refractivity contribution in [2.45, 2.75) is 32.9 Å². The predicted molar refractivity (Wildman–Crippen MR) is 76.0 cm³/mol. The molecule has 1 aromatic carbocycles. The van der Waals surface area contributed by atoms with Crippen molar-refractivity contribution in [1.29, 1.82) is 0 Å². The predicted octanol–water partition coefficient (Wildman–Crippen LogP) is 4.12. The van der Waals surface area contributed by atoms with Crippen LogP contribution in [0.1, 0.15) is 32.0 Å². The van der Waals surface area contributed by atoms with Crippen molar-refractivity contribution >= 4 is 17.3 Å². The zero-order valence-corrected chi connectivity index (χ0v) is 11.5. The van der Waals surface area contributed by atoms with Gasteiger partial charge in [-0.15, -0.1) is 0 Å². The van der Waals surface area contributed by atoms with Crippen LogP contribution < -0.4 is 5.32 Å². The highest BCUT2D eigenvalue weighted by Crippen LogP contribution is 2.14. The first-order valence-corrected chi connectivity index (χ1v) is 6.60. The molecule has 18 heavy (non-hydrogen) atoms. The molecular formula is C14H18ClN3. The quantitative estimate of drug-likeness (QED) is 0.879. The fourth-order valence-electron chi connectivity index (χ4n) is 1.66. The lowest BCUT2D eigenvalue weighted by molar-refractivity contribution is 0.474. The fourth-order valence-corrected chi connectivity index (χ4v) is 1.79. The highest BCUT2D eigenvalue weighted by molar-refractivity contribution is 6.30. The van der Waals surface area contributed by atoms with Crippen molar-refractivity contribution in [2.24, 2.45) is 0 Å². The number of hydrogen-bond donors (Lipinski definition) is 1. The van der Waals surface area contributed by atoms with Crippen LogP contribution in [0.25, 0.3) is 0 Å². The Balaban J connectivity index is 1.94. The summed E-state index contributed by atoms with van der Waals surface area (Å²) in [5.74, 6) is 0. The Bertz CT molecular complexity index is 490. The number of halogens is 1. The highest BCUT2D eigenvalue weighted by atomic mass is 35.5. The molecule has 0 bridgehead atoms. The summed E-state index contributed by atoms with van der Waals surface area (Å²) in [5, 5.41) is 8.62. The van der Waals surface area contributed by atoms with Gasteiger partial charge in [0.15, 0.2) is 0 Å². The van der Waals surface area contributed by atoms with Crippen molar-refractivity contribution in [2.75, 3.05) is 5.32 Å². The minimum atomic E-state index is 0.453. The molecule has 1 aromatic heterocycles. The molecule has 0 saturated heterocycles. The number of nitrogens with one attached hydrogen (secondary N) is 1. The molecule has 4 heteroatoms. The van der Waals surface area contributed by atoms with E-state index in [-0.39, 0.29) is 0 Å². The largest absolute Gasteiger partial charge is 0.379 e. The maximum atomic E-state index is 5.84. The molecule has 0 fully saturated rings. The van der Waals surface area contributed by atoms with Crippen LogP contribution in [-0.2, 0) is 6.54 Å². The summed E-state index contributed by atoms with van der Waals surface area (Å²) in [6.45, 7) is 5.06. The van der Waals surface area contributed by atoms with Crippen molar-refractivity contribution in [3.05, 3.63) is 47.2 Å². The second-order valence-corrected chi connectivity index (χ2v) is 4.84. The molecule has 96 valence electrons. The van der Waals surface area contributed by atoms with Crippen LogP contribution >= 0.6 is 11.6 Å². The van der Waals surface area contributed by atoms with Gasteiger partial charge in [-0.25, -0.2) is 0 Å². The molecule has 1 atom stereocenters. The zero-order valence-electron chi connectivity index (χ0n) is 10.7. The molecular weight excluding hydrogens is 246 g/mol. The first-order chi connectivity index (χ1) is 8.69. The summed E-state index contributed by atoms with van der Waals surface area (Å²) in [6, 6.07) is 10.2. The monoisotopic (exact) mass is 263 g/mol. The highest BCUT2D eigenvalue weighted by Gasteiger charge is 2.04. The Hall–Kier alpha value is -1.48. The minimum absolute atomic E-state index is 0.453. The van der Waals surface area contributed by atoms with Gasteiger partial charge in [0, 0.05) is 22.9 Å². The van der Waals surface area contributed by atoms with E-state index in [1.165, 1.54) is 0 Å². The Morgan fingerprint density at radius 2 is 2.00 bits per heavy atom. The molecule has 0 saturated carbocycles. The molecule has 1 unspecified atom stereocenters. The van der Waals surface area contributed by atoms with Gasteiger partial charge in [0.05, 0.1) is 12.2 Å². The summed E-state index contributed by atoms with van der Waals surface area (Å²) in [6.07, 6.45) is 3.12. The Labute approximate surface area is 113 Å². The normalized spacial score (nSPS) is 12.4. The SMILES string of the molecule is CCC(C)n1ccc(CNc2ccc(Cl)cc2)n1. The van der Waals surface area contributed by atoms with Crippen LogP contribution in [0.4, 0.5) is 5.69 Å². The van der Waals surface area contributed by atoms with Crippen LogP contribution in [0.5, 0.6) is 0 Å². The lowest BCUT2D eigenvalue weighted by Crippen LogP contribution is -2.06. The first-order valence-electron chi connectivity index (χ1n) is 6.22. The Morgan fingerprint density at radius 1 is 1.28 bits per heavy atom. The number of benzene rings is 1. The van der Waals surface area contributed by atoms with E-state index < -0.39 is 0 Å². The summed E-state index contributed by atoms with van der Waals surface area (Å²) in [7, 11) is 0. The maximum Gasteiger partial charge on any atom is 0.0815 e. The van der Waals surface area contributed by atoms with Crippen molar-refractivity contribution in [3.8, 4) is 0 Å². The first kappa shape index (κ1) is 13.0. The Morgan fingerprint density at radius 3 is 2.67 bits per heavy atom. The molecule has 3 nitrogen and oxygen atoms in total. The fraction of sp³-hybridized carbons (Fsp3) is 0.357. The number of aromatic nitrogens is 2. The molecule has 2 rings (SSSR count). The number of rotatable bonds is 5. The smallest absolute Gasteiger partial charge is 0.0815 e. The number of nitrogens with zero attached hydrogens (tertiary/aromatic N) is 2. The van der Waals surface area contributed by atoms with E-state index in [0.717, 1.165) is 29.4 Å². The third-order valence-corrected chi connectivity index (χ3v) is 3.28. The molecule has 0 spiro atoms. The Kier molecular flexibility index (Phi) is 4.26. The molecule has 1 heterocycles. The van der Waals surface area contributed by atoms with Crippen molar-refractivity contribution in [1.82, 2.24) is 9.78 Å². The molecule has 0 aliphatic heterocycles. The summed E-state index contributed by atoms with van der Waals surface area (Å²) < 4.78 is 2.01. The van der Waals surface area contributed by atoms with Crippen LogP contribution in [0.3, 0.4) is 0 Å².